The molecule has 19 heavy (non-hydrogen) atoms. The van der Waals surface area contributed by atoms with Crippen molar-refractivity contribution in [1.82, 2.24) is 5.32 Å². The van der Waals surface area contributed by atoms with Crippen LogP contribution in [0, 0.1) is 10.1 Å². The van der Waals surface area contributed by atoms with E-state index in [1.807, 2.05) is 0 Å². The number of amides is 1. The number of rotatable bonds is 4. The molecule has 2 rings (SSSR count). The van der Waals surface area contributed by atoms with E-state index in [9.17, 15) is 14.9 Å². The molecule has 1 N–H and O–H groups in total. The predicted octanol–water partition coefficient (Wildman–Crippen LogP) is 2.68. The number of hydrogen-bond acceptors (Lipinski definition) is 4. The molecule has 1 aromatic heterocycles. The Morgan fingerprint density at radius 1 is 1.32 bits per heavy atom. The van der Waals surface area contributed by atoms with E-state index in [0.717, 1.165) is 0 Å². The summed E-state index contributed by atoms with van der Waals surface area (Å²) in [6.07, 6.45) is 1.50. The molecule has 0 aliphatic carbocycles. The van der Waals surface area contributed by atoms with Crippen molar-refractivity contribution in [2.75, 3.05) is 0 Å². The van der Waals surface area contributed by atoms with Gasteiger partial charge in [-0.05, 0) is 25.1 Å². The fraction of sp³-hybridized carbons (Fsp3) is 0.154. The van der Waals surface area contributed by atoms with E-state index in [2.05, 4.69) is 5.32 Å². The molecule has 6 heteroatoms. The van der Waals surface area contributed by atoms with E-state index in [1.165, 1.54) is 24.5 Å². The van der Waals surface area contributed by atoms with Gasteiger partial charge in [0.25, 0.3) is 11.6 Å². The summed E-state index contributed by atoms with van der Waals surface area (Å²) in [6.45, 7) is 1.74. The molecule has 1 unspecified atom stereocenters. The van der Waals surface area contributed by atoms with Crippen LogP contribution in [0.2, 0.25) is 0 Å². The lowest BCUT2D eigenvalue weighted by Gasteiger charge is -2.11. The summed E-state index contributed by atoms with van der Waals surface area (Å²) in [5.41, 5.74) is -0.183. The number of hydrogen-bond donors (Lipinski definition) is 1. The Balaban J connectivity index is 2.19. The quantitative estimate of drug-likeness (QED) is 0.676. The number of nitro groups is 1. The molecule has 1 amide bonds. The molecular formula is C13H12N2O4. The molecule has 98 valence electrons. The maximum Gasteiger partial charge on any atom is 0.282 e. The van der Waals surface area contributed by atoms with Gasteiger partial charge >= 0.3 is 0 Å². The van der Waals surface area contributed by atoms with Crippen molar-refractivity contribution in [2.45, 2.75) is 13.0 Å². The number of carbonyl (C=O) groups excluding carboxylic acids is 1. The Bertz CT molecular complexity index is 592. The van der Waals surface area contributed by atoms with Gasteiger partial charge in [-0.15, -0.1) is 0 Å². The molecular weight excluding hydrogens is 248 g/mol. The van der Waals surface area contributed by atoms with Gasteiger partial charge in [-0.25, -0.2) is 0 Å². The van der Waals surface area contributed by atoms with E-state index in [-0.39, 0.29) is 17.3 Å². The fourth-order valence-electron chi connectivity index (χ4n) is 1.71. The molecule has 0 radical (unpaired) electrons. The minimum absolute atomic E-state index is 0.0332. The average Bonchev–Trinajstić information content (AvgIpc) is 2.92. The lowest BCUT2D eigenvalue weighted by Crippen LogP contribution is -2.27. The monoisotopic (exact) mass is 260 g/mol. The maximum atomic E-state index is 12.0. The summed E-state index contributed by atoms with van der Waals surface area (Å²) in [4.78, 5) is 22.3. The van der Waals surface area contributed by atoms with Crippen molar-refractivity contribution >= 4 is 11.6 Å². The first-order chi connectivity index (χ1) is 9.09. The standard InChI is InChI=1S/C13H12N2O4/c1-9(12-7-4-8-19-12)14-13(16)10-5-2-3-6-11(10)15(17)18/h2-9H,1H3,(H,14,16). The van der Waals surface area contributed by atoms with Gasteiger partial charge in [-0.2, -0.15) is 0 Å². The second-order valence-electron chi connectivity index (χ2n) is 3.98. The van der Waals surface area contributed by atoms with Gasteiger partial charge in [-0.1, -0.05) is 12.1 Å². The second kappa shape index (κ2) is 5.34. The van der Waals surface area contributed by atoms with Gasteiger partial charge in [0, 0.05) is 6.07 Å². The van der Waals surface area contributed by atoms with Crippen LogP contribution in [0.3, 0.4) is 0 Å². The number of carbonyl (C=O) groups is 1. The zero-order valence-corrected chi connectivity index (χ0v) is 10.2. The molecule has 0 spiro atoms. The molecule has 2 aromatic rings. The van der Waals surface area contributed by atoms with Gasteiger partial charge in [0.15, 0.2) is 0 Å². The summed E-state index contributed by atoms with van der Waals surface area (Å²) < 4.78 is 5.16. The van der Waals surface area contributed by atoms with E-state index in [4.69, 9.17) is 4.42 Å². The van der Waals surface area contributed by atoms with Gasteiger partial charge in [0.2, 0.25) is 0 Å². The number of nitrogens with one attached hydrogen (secondary N) is 1. The number of furan rings is 1. The third-order valence-corrected chi connectivity index (χ3v) is 2.66. The number of nitrogens with zero attached hydrogens (tertiary/aromatic N) is 1. The first-order valence-electron chi connectivity index (χ1n) is 5.67. The average molecular weight is 260 g/mol. The molecule has 0 fully saturated rings. The third-order valence-electron chi connectivity index (χ3n) is 2.66. The molecule has 1 atom stereocenters. The van der Waals surface area contributed by atoms with E-state index in [1.54, 1.807) is 25.1 Å². The normalized spacial score (nSPS) is 11.8. The highest BCUT2D eigenvalue weighted by molar-refractivity contribution is 5.98. The van der Waals surface area contributed by atoms with Crippen molar-refractivity contribution in [3.63, 3.8) is 0 Å². The molecule has 6 nitrogen and oxygen atoms in total. The Morgan fingerprint density at radius 2 is 2.05 bits per heavy atom. The fourth-order valence-corrected chi connectivity index (χ4v) is 1.71. The van der Waals surface area contributed by atoms with Crippen molar-refractivity contribution in [1.29, 1.82) is 0 Å². The van der Waals surface area contributed by atoms with Gasteiger partial charge in [0.05, 0.1) is 17.2 Å². The lowest BCUT2D eigenvalue weighted by molar-refractivity contribution is -0.385. The van der Waals surface area contributed by atoms with Crippen molar-refractivity contribution in [2.24, 2.45) is 0 Å². The van der Waals surface area contributed by atoms with Crippen LogP contribution < -0.4 is 5.32 Å². The molecule has 0 aliphatic rings. The van der Waals surface area contributed by atoms with Crippen molar-refractivity contribution in [3.05, 3.63) is 64.1 Å². The third kappa shape index (κ3) is 2.79. The SMILES string of the molecule is CC(NC(=O)c1ccccc1[N+](=O)[O-])c1ccco1. The first kappa shape index (κ1) is 12.8. The highest BCUT2D eigenvalue weighted by atomic mass is 16.6. The number of benzene rings is 1. The van der Waals surface area contributed by atoms with E-state index >= 15 is 0 Å². The van der Waals surface area contributed by atoms with Crippen LogP contribution in [-0.4, -0.2) is 10.8 Å². The molecule has 0 aliphatic heterocycles. The topological polar surface area (TPSA) is 85.4 Å². The van der Waals surface area contributed by atoms with E-state index in [0.29, 0.717) is 5.76 Å². The zero-order valence-electron chi connectivity index (χ0n) is 10.2. The van der Waals surface area contributed by atoms with Crippen LogP contribution in [-0.2, 0) is 0 Å². The number of para-hydroxylation sites is 1. The van der Waals surface area contributed by atoms with Gasteiger partial charge in [-0.3, -0.25) is 14.9 Å². The van der Waals surface area contributed by atoms with E-state index < -0.39 is 10.8 Å². The smallest absolute Gasteiger partial charge is 0.282 e. The molecule has 0 saturated heterocycles. The summed E-state index contributed by atoms with van der Waals surface area (Å²) in [5, 5.41) is 13.5. The molecule has 0 saturated carbocycles. The summed E-state index contributed by atoms with van der Waals surface area (Å²) in [5.74, 6) is 0.0862. The van der Waals surface area contributed by atoms with Crippen LogP contribution in [0.1, 0.15) is 29.1 Å². The molecule has 1 heterocycles. The maximum absolute atomic E-state index is 12.0. The second-order valence-corrected chi connectivity index (χ2v) is 3.98. The van der Waals surface area contributed by atoms with Gasteiger partial charge in [0.1, 0.15) is 11.3 Å². The van der Waals surface area contributed by atoms with Crippen LogP contribution in [0.25, 0.3) is 0 Å². The summed E-state index contributed by atoms with van der Waals surface area (Å²) >= 11 is 0. The van der Waals surface area contributed by atoms with Crippen molar-refractivity contribution in [3.8, 4) is 0 Å². The zero-order chi connectivity index (χ0) is 13.8. The van der Waals surface area contributed by atoms with Crippen LogP contribution >= 0.6 is 0 Å². The van der Waals surface area contributed by atoms with Crippen LogP contribution in [0.4, 0.5) is 5.69 Å². The lowest BCUT2D eigenvalue weighted by atomic mass is 10.1. The van der Waals surface area contributed by atoms with Gasteiger partial charge < -0.3 is 9.73 Å². The Morgan fingerprint density at radius 3 is 2.68 bits per heavy atom. The minimum Gasteiger partial charge on any atom is -0.467 e. The van der Waals surface area contributed by atoms with Crippen LogP contribution in [0.5, 0.6) is 0 Å². The first-order valence-corrected chi connectivity index (χ1v) is 5.67. The Hall–Kier alpha value is -2.63. The van der Waals surface area contributed by atoms with Crippen molar-refractivity contribution < 1.29 is 14.1 Å². The Labute approximate surface area is 109 Å². The number of nitro benzene ring substituents is 1. The summed E-state index contributed by atoms with van der Waals surface area (Å²) in [6, 6.07) is 8.90. The summed E-state index contributed by atoms with van der Waals surface area (Å²) in [7, 11) is 0. The highest BCUT2D eigenvalue weighted by Gasteiger charge is 2.21. The molecule has 1 aromatic carbocycles. The van der Waals surface area contributed by atoms with Crippen LogP contribution in [0.15, 0.2) is 47.1 Å². The molecule has 0 bridgehead atoms. The predicted molar refractivity (Wildman–Crippen MR) is 67.7 cm³/mol. The minimum atomic E-state index is -0.577. The highest BCUT2D eigenvalue weighted by Crippen LogP contribution is 2.19. The Kier molecular flexibility index (Phi) is 3.61. The largest absolute Gasteiger partial charge is 0.467 e.